The number of rotatable bonds is 3. The van der Waals surface area contributed by atoms with E-state index >= 15 is 0 Å². The van der Waals surface area contributed by atoms with Gasteiger partial charge in [-0.05, 0) is 46.4 Å². The summed E-state index contributed by atoms with van der Waals surface area (Å²) >= 11 is 5.01. The monoisotopic (exact) mass is 299 g/mol. The van der Waals surface area contributed by atoms with Gasteiger partial charge in [0, 0.05) is 9.35 Å². The maximum absolute atomic E-state index is 11.6. The van der Waals surface area contributed by atoms with Crippen LogP contribution in [0, 0.1) is 6.92 Å². The van der Waals surface area contributed by atoms with Gasteiger partial charge >= 0.3 is 0 Å². The molecule has 0 saturated heterocycles. The van der Waals surface area contributed by atoms with E-state index in [4.69, 9.17) is 4.42 Å². The van der Waals surface area contributed by atoms with Crippen LogP contribution in [0.5, 0.6) is 0 Å². The fourth-order valence-corrected chi connectivity index (χ4v) is 2.69. The molecule has 16 heavy (non-hydrogen) atoms. The van der Waals surface area contributed by atoms with Crippen LogP contribution in [-0.4, -0.2) is 5.91 Å². The van der Waals surface area contributed by atoms with E-state index in [0.29, 0.717) is 12.3 Å². The summed E-state index contributed by atoms with van der Waals surface area (Å²) in [5, 5.41) is 4.78. The normalized spacial score (nSPS) is 10.4. The van der Waals surface area contributed by atoms with Gasteiger partial charge in [-0.2, -0.15) is 0 Å². The number of aryl methyl sites for hydroxylation is 1. The third-order valence-electron chi connectivity index (χ3n) is 2.06. The Balaban J connectivity index is 1.96. The van der Waals surface area contributed by atoms with E-state index in [1.165, 1.54) is 0 Å². The second kappa shape index (κ2) is 4.84. The summed E-state index contributed by atoms with van der Waals surface area (Å²) in [4.78, 5) is 12.7. The number of furan rings is 1. The first kappa shape index (κ1) is 11.4. The Kier molecular flexibility index (Phi) is 3.46. The number of nitrogens with one attached hydrogen (secondary N) is 1. The predicted octanol–water partition coefficient (Wildman–Crippen LogP) is 3.34. The van der Waals surface area contributed by atoms with Gasteiger partial charge in [0.05, 0.1) is 6.54 Å². The van der Waals surface area contributed by atoms with Gasteiger partial charge < -0.3 is 9.73 Å². The molecule has 0 aliphatic rings. The summed E-state index contributed by atoms with van der Waals surface area (Å²) in [5.41, 5.74) is 0. The Morgan fingerprint density at radius 1 is 1.50 bits per heavy atom. The first-order valence-electron chi connectivity index (χ1n) is 4.73. The predicted molar refractivity (Wildman–Crippen MR) is 66.6 cm³/mol. The zero-order chi connectivity index (χ0) is 11.5. The van der Waals surface area contributed by atoms with Crippen LogP contribution < -0.4 is 5.32 Å². The number of carbonyl (C=O) groups is 1. The van der Waals surface area contributed by atoms with Crippen molar-refractivity contribution in [1.29, 1.82) is 0 Å². The summed E-state index contributed by atoms with van der Waals surface area (Å²) in [6.45, 7) is 2.32. The molecule has 2 rings (SSSR count). The molecule has 2 aromatic heterocycles. The summed E-state index contributed by atoms with van der Waals surface area (Å²) in [5.74, 6) is 0.904. The van der Waals surface area contributed by atoms with Gasteiger partial charge in [-0.25, -0.2) is 0 Å². The number of thiophene rings is 1. The molecule has 5 heteroatoms. The molecule has 0 aliphatic heterocycles. The van der Waals surface area contributed by atoms with Crippen molar-refractivity contribution in [2.45, 2.75) is 13.5 Å². The largest absolute Gasteiger partial charge is 0.456 e. The highest BCUT2D eigenvalue weighted by Gasteiger charge is 2.10. The molecule has 0 aliphatic carbocycles. The maximum Gasteiger partial charge on any atom is 0.287 e. The minimum atomic E-state index is -0.187. The molecule has 0 unspecified atom stereocenters. The zero-order valence-corrected chi connectivity index (χ0v) is 11.0. The number of amides is 1. The van der Waals surface area contributed by atoms with E-state index in [2.05, 4.69) is 21.2 Å². The number of carbonyl (C=O) groups excluding carboxylic acids is 1. The standard InChI is InChI=1S/C11H10BrNO2S/c1-7-2-3-9(15-7)11(14)13-6-10-8(12)4-5-16-10/h2-5H,6H2,1H3,(H,13,14). The molecule has 0 spiro atoms. The maximum atomic E-state index is 11.6. The van der Waals surface area contributed by atoms with Crippen LogP contribution in [0.3, 0.4) is 0 Å². The molecule has 84 valence electrons. The van der Waals surface area contributed by atoms with Gasteiger partial charge in [0.1, 0.15) is 5.76 Å². The number of halogens is 1. The molecule has 2 aromatic rings. The topological polar surface area (TPSA) is 42.2 Å². The molecule has 0 atom stereocenters. The van der Waals surface area contributed by atoms with Crippen molar-refractivity contribution < 1.29 is 9.21 Å². The molecule has 0 aromatic carbocycles. The van der Waals surface area contributed by atoms with Crippen molar-refractivity contribution in [3.05, 3.63) is 44.4 Å². The van der Waals surface area contributed by atoms with Crippen molar-refractivity contribution in [3.8, 4) is 0 Å². The fraction of sp³-hybridized carbons (Fsp3) is 0.182. The van der Waals surface area contributed by atoms with E-state index in [0.717, 1.165) is 15.1 Å². The molecule has 3 nitrogen and oxygen atoms in total. The highest BCUT2D eigenvalue weighted by atomic mass is 79.9. The lowest BCUT2D eigenvalue weighted by atomic mass is 10.4. The average Bonchev–Trinajstić information content (AvgIpc) is 2.84. The van der Waals surface area contributed by atoms with Crippen LogP contribution in [0.15, 0.2) is 32.5 Å². The summed E-state index contributed by atoms with van der Waals surface area (Å²) in [7, 11) is 0. The molecule has 0 fully saturated rings. The smallest absolute Gasteiger partial charge is 0.287 e. The highest BCUT2D eigenvalue weighted by Crippen LogP contribution is 2.22. The van der Waals surface area contributed by atoms with E-state index in [1.54, 1.807) is 23.5 Å². The molecule has 1 N–H and O–H groups in total. The van der Waals surface area contributed by atoms with Crippen LogP contribution in [0.25, 0.3) is 0 Å². The van der Waals surface area contributed by atoms with Gasteiger partial charge in [0.2, 0.25) is 0 Å². The van der Waals surface area contributed by atoms with Gasteiger partial charge in [-0.3, -0.25) is 4.79 Å². The number of hydrogen-bond acceptors (Lipinski definition) is 3. The van der Waals surface area contributed by atoms with Crippen LogP contribution >= 0.6 is 27.3 Å². The second-order valence-corrected chi connectivity index (χ2v) is 5.14. The Morgan fingerprint density at radius 3 is 2.88 bits per heavy atom. The Bertz CT molecular complexity index is 504. The lowest BCUT2D eigenvalue weighted by Gasteiger charge is -2.01. The van der Waals surface area contributed by atoms with Gasteiger partial charge in [0.15, 0.2) is 5.76 Å². The quantitative estimate of drug-likeness (QED) is 0.944. The summed E-state index contributed by atoms with van der Waals surface area (Å²) < 4.78 is 6.25. The third kappa shape index (κ3) is 2.54. The van der Waals surface area contributed by atoms with Crippen LogP contribution in [0.1, 0.15) is 21.2 Å². The van der Waals surface area contributed by atoms with Crippen molar-refractivity contribution >= 4 is 33.2 Å². The van der Waals surface area contributed by atoms with E-state index in [1.807, 2.05) is 18.4 Å². The van der Waals surface area contributed by atoms with Crippen molar-refractivity contribution in [1.82, 2.24) is 5.32 Å². The SMILES string of the molecule is Cc1ccc(C(=O)NCc2sccc2Br)o1. The van der Waals surface area contributed by atoms with Crippen LogP contribution in [-0.2, 0) is 6.54 Å². The molecule has 0 saturated carbocycles. The summed E-state index contributed by atoms with van der Waals surface area (Å²) in [6, 6.07) is 5.41. The van der Waals surface area contributed by atoms with Crippen LogP contribution in [0.4, 0.5) is 0 Å². The lowest BCUT2D eigenvalue weighted by molar-refractivity contribution is 0.0922. The first-order valence-corrected chi connectivity index (χ1v) is 6.40. The molecule has 2 heterocycles. The lowest BCUT2D eigenvalue weighted by Crippen LogP contribution is -2.21. The summed E-state index contributed by atoms with van der Waals surface area (Å²) in [6.07, 6.45) is 0. The molecule has 0 bridgehead atoms. The van der Waals surface area contributed by atoms with Gasteiger partial charge in [-0.1, -0.05) is 0 Å². The molecular formula is C11H10BrNO2S. The van der Waals surface area contributed by atoms with E-state index in [9.17, 15) is 4.79 Å². The second-order valence-electron chi connectivity index (χ2n) is 3.28. The Hall–Kier alpha value is -1.07. The average molecular weight is 300 g/mol. The minimum Gasteiger partial charge on any atom is -0.456 e. The van der Waals surface area contributed by atoms with E-state index in [-0.39, 0.29) is 5.91 Å². The van der Waals surface area contributed by atoms with Crippen molar-refractivity contribution in [2.24, 2.45) is 0 Å². The third-order valence-corrected chi connectivity index (χ3v) is 3.99. The fourth-order valence-electron chi connectivity index (χ4n) is 1.26. The molecular weight excluding hydrogens is 290 g/mol. The van der Waals surface area contributed by atoms with Gasteiger partial charge in [0.25, 0.3) is 5.91 Å². The number of hydrogen-bond donors (Lipinski definition) is 1. The Morgan fingerprint density at radius 2 is 2.31 bits per heavy atom. The van der Waals surface area contributed by atoms with Crippen LogP contribution in [0.2, 0.25) is 0 Å². The Labute approximate surface area is 106 Å². The first-order chi connectivity index (χ1) is 7.66. The van der Waals surface area contributed by atoms with Crippen molar-refractivity contribution in [3.63, 3.8) is 0 Å². The van der Waals surface area contributed by atoms with Crippen molar-refractivity contribution in [2.75, 3.05) is 0 Å². The van der Waals surface area contributed by atoms with E-state index < -0.39 is 0 Å². The molecule has 0 radical (unpaired) electrons. The molecule has 1 amide bonds. The minimum absolute atomic E-state index is 0.187. The zero-order valence-electron chi connectivity index (χ0n) is 8.62. The van der Waals surface area contributed by atoms with Gasteiger partial charge in [-0.15, -0.1) is 11.3 Å². The highest BCUT2D eigenvalue weighted by molar-refractivity contribution is 9.10.